The van der Waals surface area contributed by atoms with Crippen molar-refractivity contribution in [2.24, 2.45) is 0 Å². The number of rotatable bonds is 10. The zero-order valence-electron chi connectivity index (χ0n) is 21.5. The van der Waals surface area contributed by atoms with Gasteiger partial charge in [-0.1, -0.05) is 49.0 Å². The fourth-order valence-electron chi connectivity index (χ4n) is 4.48. The van der Waals surface area contributed by atoms with Crippen LogP contribution in [0.4, 0.5) is 0 Å². The van der Waals surface area contributed by atoms with Gasteiger partial charge in [-0.2, -0.15) is 0 Å². The number of likely N-dealkylation sites (N-methyl/N-ethyl adjacent to an activating group) is 1. The van der Waals surface area contributed by atoms with E-state index in [9.17, 15) is 4.79 Å². The normalized spacial score (nSPS) is 15.2. The number of aromatic nitrogens is 3. The molecule has 0 N–H and O–H groups in total. The van der Waals surface area contributed by atoms with E-state index in [1.807, 2.05) is 53.4 Å². The molecule has 9 heteroatoms. The highest BCUT2D eigenvalue weighted by Crippen LogP contribution is 2.32. The maximum atomic E-state index is 13.4. The smallest absolute Gasteiger partial charge is 0.254 e. The standard InChI is InChI=1S/C27H35N5O3S/c1-5-30-13-15-31(16-14-30)26(33)24-12-7-6-9-22(24)19-36-27-29-28-25(32(27)20(2)18-34-3)21-10-8-11-23(17-21)35-4/h6-12,17,20H,5,13-16,18-19H2,1-4H3/t20-/m0/s1. The lowest BCUT2D eigenvalue weighted by Crippen LogP contribution is -2.48. The van der Waals surface area contributed by atoms with E-state index in [0.717, 1.165) is 66.1 Å². The predicted molar refractivity (Wildman–Crippen MR) is 143 cm³/mol. The van der Waals surface area contributed by atoms with Crippen molar-refractivity contribution in [1.82, 2.24) is 24.6 Å². The Morgan fingerprint density at radius 2 is 1.83 bits per heavy atom. The largest absolute Gasteiger partial charge is 0.497 e. The molecule has 192 valence electrons. The van der Waals surface area contributed by atoms with Gasteiger partial charge in [0, 0.05) is 50.2 Å². The molecular weight excluding hydrogens is 474 g/mol. The minimum atomic E-state index is 0.0282. The van der Waals surface area contributed by atoms with Crippen LogP contribution in [-0.2, 0) is 10.5 Å². The van der Waals surface area contributed by atoms with Crippen LogP contribution < -0.4 is 4.74 Å². The minimum absolute atomic E-state index is 0.0282. The van der Waals surface area contributed by atoms with Gasteiger partial charge in [-0.05, 0) is 37.2 Å². The Labute approximate surface area is 217 Å². The summed E-state index contributed by atoms with van der Waals surface area (Å²) >= 11 is 1.59. The Hall–Kier alpha value is -2.88. The molecule has 0 spiro atoms. The molecule has 36 heavy (non-hydrogen) atoms. The maximum Gasteiger partial charge on any atom is 0.254 e. The SMILES string of the molecule is CCN1CCN(C(=O)c2ccccc2CSc2nnc(-c3cccc(OC)c3)n2[C@@H](C)COC)CC1. The zero-order valence-corrected chi connectivity index (χ0v) is 22.3. The lowest BCUT2D eigenvalue weighted by molar-refractivity contribution is 0.0642. The molecule has 1 aliphatic heterocycles. The summed E-state index contributed by atoms with van der Waals surface area (Å²) < 4.78 is 13.0. The van der Waals surface area contributed by atoms with Crippen LogP contribution in [0.25, 0.3) is 11.4 Å². The Morgan fingerprint density at radius 3 is 2.56 bits per heavy atom. The zero-order chi connectivity index (χ0) is 25.5. The molecule has 2 aromatic carbocycles. The molecule has 0 aliphatic carbocycles. The summed E-state index contributed by atoms with van der Waals surface area (Å²) in [5.41, 5.74) is 2.69. The summed E-state index contributed by atoms with van der Waals surface area (Å²) in [4.78, 5) is 17.7. The Bertz CT molecular complexity index is 1160. The number of nitrogens with zero attached hydrogens (tertiary/aromatic N) is 5. The number of methoxy groups -OCH3 is 2. The van der Waals surface area contributed by atoms with E-state index in [2.05, 4.69) is 33.5 Å². The van der Waals surface area contributed by atoms with Gasteiger partial charge in [-0.3, -0.25) is 9.36 Å². The van der Waals surface area contributed by atoms with Crippen molar-refractivity contribution >= 4 is 17.7 Å². The summed E-state index contributed by atoms with van der Waals surface area (Å²) in [6.07, 6.45) is 0. The second-order valence-electron chi connectivity index (χ2n) is 8.88. The van der Waals surface area contributed by atoms with Crippen LogP contribution in [0.1, 0.15) is 35.8 Å². The third kappa shape index (κ3) is 5.91. The first kappa shape index (κ1) is 26.2. The van der Waals surface area contributed by atoms with Gasteiger partial charge in [0.1, 0.15) is 5.75 Å². The molecule has 1 aromatic heterocycles. The van der Waals surface area contributed by atoms with E-state index in [-0.39, 0.29) is 11.9 Å². The van der Waals surface area contributed by atoms with Crippen LogP contribution >= 0.6 is 11.8 Å². The maximum absolute atomic E-state index is 13.4. The van der Waals surface area contributed by atoms with E-state index in [4.69, 9.17) is 9.47 Å². The third-order valence-corrected chi connectivity index (χ3v) is 7.54. The second kappa shape index (κ2) is 12.4. The van der Waals surface area contributed by atoms with Crippen molar-refractivity contribution in [3.63, 3.8) is 0 Å². The van der Waals surface area contributed by atoms with Gasteiger partial charge >= 0.3 is 0 Å². The number of ether oxygens (including phenoxy) is 2. The predicted octanol–water partition coefficient (Wildman–Crippen LogP) is 4.23. The van der Waals surface area contributed by atoms with Crippen molar-refractivity contribution in [3.05, 3.63) is 59.7 Å². The average Bonchev–Trinajstić information content (AvgIpc) is 3.36. The minimum Gasteiger partial charge on any atom is -0.497 e. The summed E-state index contributed by atoms with van der Waals surface area (Å²) in [5.74, 6) is 2.25. The first-order chi connectivity index (χ1) is 17.5. The molecule has 2 heterocycles. The number of amides is 1. The number of carbonyl (C=O) groups is 1. The number of benzene rings is 2. The molecule has 0 saturated carbocycles. The van der Waals surface area contributed by atoms with E-state index >= 15 is 0 Å². The molecule has 0 bridgehead atoms. The molecule has 1 atom stereocenters. The number of carbonyl (C=O) groups excluding carboxylic acids is 1. The van der Waals surface area contributed by atoms with Gasteiger partial charge in [0.2, 0.25) is 0 Å². The van der Waals surface area contributed by atoms with Crippen LogP contribution in [0.5, 0.6) is 5.75 Å². The number of thioether (sulfide) groups is 1. The monoisotopic (exact) mass is 509 g/mol. The molecule has 1 aliphatic rings. The van der Waals surface area contributed by atoms with Gasteiger partial charge in [0.05, 0.1) is 19.8 Å². The first-order valence-corrected chi connectivity index (χ1v) is 13.3. The number of piperazine rings is 1. The lowest BCUT2D eigenvalue weighted by atomic mass is 10.1. The van der Waals surface area contributed by atoms with Crippen LogP contribution in [0.15, 0.2) is 53.7 Å². The molecule has 0 unspecified atom stereocenters. The second-order valence-corrected chi connectivity index (χ2v) is 9.83. The summed E-state index contributed by atoms with van der Waals surface area (Å²) in [6, 6.07) is 15.7. The summed E-state index contributed by atoms with van der Waals surface area (Å²) in [5, 5.41) is 9.84. The van der Waals surface area contributed by atoms with Gasteiger partial charge < -0.3 is 19.3 Å². The fourth-order valence-corrected chi connectivity index (χ4v) is 5.52. The number of hydrogen-bond donors (Lipinski definition) is 0. The molecular formula is C27H35N5O3S. The summed E-state index contributed by atoms with van der Waals surface area (Å²) in [7, 11) is 3.35. The molecule has 8 nitrogen and oxygen atoms in total. The van der Waals surface area contributed by atoms with Gasteiger partial charge in [-0.15, -0.1) is 10.2 Å². The fraction of sp³-hybridized carbons (Fsp3) is 0.444. The van der Waals surface area contributed by atoms with Crippen LogP contribution in [0.3, 0.4) is 0 Å². The average molecular weight is 510 g/mol. The van der Waals surface area contributed by atoms with Gasteiger partial charge in [0.15, 0.2) is 11.0 Å². The van der Waals surface area contributed by atoms with Crippen molar-refractivity contribution in [1.29, 1.82) is 0 Å². The summed E-state index contributed by atoms with van der Waals surface area (Å²) in [6.45, 7) is 9.18. The molecule has 1 saturated heterocycles. The van der Waals surface area contributed by atoms with Gasteiger partial charge in [0.25, 0.3) is 5.91 Å². The van der Waals surface area contributed by atoms with Crippen molar-refractivity contribution in [2.45, 2.75) is 30.8 Å². The highest BCUT2D eigenvalue weighted by molar-refractivity contribution is 7.98. The molecule has 3 aromatic rings. The quantitative estimate of drug-likeness (QED) is 0.379. The topological polar surface area (TPSA) is 72.7 Å². The van der Waals surface area contributed by atoms with Crippen LogP contribution in [0.2, 0.25) is 0 Å². The Morgan fingerprint density at radius 1 is 1.06 bits per heavy atom. The molecule has 0 radical (unpaired) electrons. The lowest BCUT2D eigenvalue weighted by Gasteiger charge is -2.34. The van der Waals surface area contributed by atoms with Crippen molar-refractivity contribution in [3.8, 4) is 17.1 Å². The molecule has 1 amide bonds. The van der Waals surface area contributed by atoms with Crippen molar-refractivity contribution in [2.75, 3.05) is 53.6 Å². The van der Waals surface area contributed by atoms with E-state index in [1.165, 1.54) is 0 Å². The van der Waals surface area contributed by atoms with Crippen LogP contribution in [0, 0.1) is 0 Å². The highest BCUT2D eigenvalue weighted by Gasteiger charge is 2.24. The Balaban J connectivity index is 1.56. The van der Waals surface area contributed by atoms with E-state index in [1.54, 1.807) is 26.0 Å². The van der Waals surface area contributed by atoms with Gasteiger partial charge in [-0.25, -0.2) is 0 Å². The van der Waals surface area contributed by atoms with Crippen molar-refractivity contribution < 1.29 is 14.3 Å². The third-order valence-electron chi connectivity index (χ3n) is 6.55. The van der Waals surface area contributed by atoms with Crippen LogP contribution in [-0.4, -0.2) is 84.0 Å². The number of hydrogen-bond acceptors (Lipinski definition) is 7. The van der Waals surface area contributed by atoms with E-state index in [0.29, 0.717) is 12.4 Å². The first-order valence-electron chi connectivity index (χ1n) is 12.4. The Kier molecular flexibility index (Phi) is 9.01. The molecule has 1 fully saturated rings. The highest BCUT2D eigenvalue weighted by atomic mass is 32.2. The molecule has 4 rings (SSSR count). The van der Waals surface area contributed by atoms with E-state index < -0.39 is 0 Å².